The Balaban J connectivity index is 1.52. The van der Waals surface area contributed by atoms with E-state index in [9.17, 15) is 4.79 Å². The molecule has 0 saturated carbocycles. The van der Waals surface area contributed by atoms with Gasteiger partial charge < -0.3 is 15.8 Å². The van der Waals surface area contributed by atoms with Gasteiger partial charge in [0.1, 0.15) is 0 Å². The minimum absolute atomic E-state index is 0.119. The van der Waals surface area contributed by atoms with Crippen LogP contribution in [0.15, 0.2) is 36.7 Å². The molecule has 0 aliphatic carbocycles. The fourth-order valence-corrected chi connectivity index (χ4v) is 2.99. The molecule has 0 radical (unpaired) electrons. The third-order valence-corrected chi connectivity index (χ3v) is 4.24. The van der Waals surface area contributed by atoms with Crippen LogP contribution >= 0.6 is 0 Å². The third-order valence-electron chi connectivity index (χ3n) is 4.24. The minimum atomic E-state index is -0.396. The van der Waals surface area contributed by atoms with Gasteiger partial charge in [-0.15, -0.1) is 0 Å². The van der Waals surface area contributed by atoms with E-state index in [0.29, 0.717) is 11.5 Å². The van der Waals surface area contributed by atoms with Crippen molar-refractivity contribution in [1.82, 2.24) is 15.1 Å². The van der Waals surface area contributed by atoms with Crippen molar-refractivity contribution in [3.8, 4) is 0 Å². The van der Waals surface area contributed by atoms with Gasteiger partial charge in [-0.1, -0.05) is 12.1 Å². The van der Waals surface area contributed by atoms with Crippen LogP contribution in [0.25, 0.3) is 0 Å². The fourth-order valence-electron chi connectivity index (χ4n) is 2.99. The van der Waals surface area contributed by atoms with Crippen molar-refractivity contribution in [3.63, 3.8) is 0 Å². The maximum Gasteiger partial charge on any atom is 0.248 e. The van der Waals surface area contributed by atoms with Crippen molar-refractivity contribution in [2.45, 2.75) is 19.1 Å². The summed E-state index contributed by atoms with van der Waals surface area (Å²) >= 11 is 0. The fraction of sp³-hybridized carbons (Fsp3) is 0.412. The Hall–Kier alpha value is -2.18. The van der Waals surface area contributed by atoms with E-state index in [2.05, 4.69) is 10.4 Å². The molecule has 0 bridgehead atoms. The topological polar surface area (TPSA) is 82.2 Å². The van der Waals surface area contributed by atoms with Crippen LogP contribution in [0.3, 0.4) is 0 Å². The monoisotopic (exact) mass is 314 g/mol. The lowest BCUT2D eigenvalue weighted by Crippen LogP contribution is -2.24. The van der Waals surface area contributed by atoms with Crippen LogP contribution in [0.5, 0.6) is 0 Å². The number of ether oxygens (including phenoxy) is 1. The van der Waals surface area contributed by atoms with Crippen LogP contribution < -0.4 is 11.1 Å². The molecule has 23 heavy (non-hydrogen) atoms. The van der Waals surface area contributed by atoms with Crippen LogP contribution in [-0.2, 0) is 18.3 Å². The van der Waals surface area contributed by atoms with Crippen LogP contribution in [0.4, 0.5) is 0 Å². The van der Waals surface area contributed by atoms with Crippen molar-refractivity contribution < 1.29 is 9.53 Å². The molecular formula is C17H22N4O2. The SMILES string of the molecule is Cn1cc(C2OCCC2CNCc2ccc(C(N)=O)cc2)cn1. The summed E-state index contributed by atoms with van der Waals surface area (Å²) in [5, 5.41) is 7.70. The second-order valence-electron chi connectivity index (χ2n) is 5.98. The number of hydrogen-bond acceptors (Lipinski definition) is 4. The number of rotatable bonds is 6. The summed E-state index contributed by atoms with van der Waals surface area (Å²) in [5.41, 5.74) is 8.05. The highest BCUT2D eigenvalue weighted by Crippen LogP contribution is 2.33. The molecule has 6 heteroatoms. The Morgan fingerprint density at radius 2 is 2.22 bits per heavy atom. The van der Waals surface area contributed by atoms with Crippen LogP contribution in [0, 0.1) is 5.92 Å². The Bertz CT molecular complexity index is 665. The molecule has 122 valence electrons. The lowest BCUT2D eigenvalue weighted by Gasteiger charge is -2.18. The first kappa shape index (κ1) is 15.7. The van der Waals surface area contributed by atoms with E-state index in [-0.39, 0.29) is 6.10 Å². The summed E-state index contributed by atoms with van der Waals surface area (Å²) in [5.74, 6) is 0.0519. The number of primary amides is 1. The van der Waals surface area contributed by atoms with Gasteiger partial charge in [0.05, 0.1) is 12.3 Å². The predicted molar refractivity (Wildman–Crippen MR) is 86.7 cm³/mol. The largest absolute Gasteiger partial charge is 0.373 e. The second-order valence-corrected chi connectivity index (χ2v) is 5.98. The maximum atomic E-state index is 11.1. The number of benzene rings is 1. The lowest BCUT2D eigenvalue weighted by atomic mass is 9.97. The summed E-state index contributed by atoms with van der Waals surface area (Å²) in [4.78, 5) is 11.1. The number of nitrogens with zero attached hydrogens (tertiary/aromatic N) is 2. The van der Waals surface area contributed by atoms with E-state index < -0.39 is 5.91 Å². The summed E-state index contributed by atoms with van der Waals surface area (Å²) in [6, 6.07) is 7.38. The van der Waals surface area contributed by atoms with Gasteiger partial charge in [0.25, 0.3) is 0 Å². The molecule has 1 aliphatic heterocycles. The van der Waals surface area contributed by atoms with Gasteiger partial charge in [-0.2, -0.15) is 5.10 Å². The van der Waals surface area contributed by atoms with Crippen molar-refractivity contribution in [2.24, 2.45) is 18.7 Å². The number of hydrogen-bond donors (Lipinski definition) is 2. The number of amides is 1. The molecule has 1 saturated heterocycles. The third kappa shape index (κ3) is 3.78. The highest BCUT2D eigenvalue weighted by atomic mass is 16.5. The Labute approximate surface area is 135 Å². The van der Waals surface area contributed by atoms with Gasteiger partial charge in [0.15, 0.2) is 0 Å². The zero-order valence-electron chi connectivity index (χ0n) is 13.2. The molecule has 1 aliphatic rings. The van der Waals surface area contributed by atoms with E-state index in [1.807, 2.05) is 36.3 Å². The van der Waals surface area contributed by atoms with Crippen LogP contribution in [0.2, 0.25) is 0 Å². The summed E-state index contributed by atoms with van der Waals surface area (Å²) in [7, 11) is 1.92. The lowest BCUT2D eigenvalue weighted by molar-refractivity contribution is 0.0904. The average molecular weight is 314 g/mol. The van der Waals surface area contributed by atoms with Gasteiger partial charge in [0.2, 0.25) is 5.91 Å². The zero-order chi connectivity index (χ0) is 16.2. The number of carbonyl (C=O) groups is 1. The Kier molecular flexibility index (Phi) is 4.73. The highest BCUT2D eigenvalue weighted by molar-refractivity contribution is 5.92. The number of nitrogens with one attached hydrogen (secondary N) is 1. The highest BCUT2D eigenvalue weighted by Gasteiger charge is 2.30. The molecule has 2 atom stereocenters. The molecule has 0 spiro atoms. The average Bonchev–Trinajstić information content (AvgIpc) is 3.16. The normalized spacial score (nSPS) is 20.7. The standard InChI is InChI=1S/C17H22N4O2/c1-21-11-15(10-20-21)16-14(6-7-23-16)9-19-8-12-2-4-13(5-3-12)17(18)22/h2-5,10-11,14,16,19H,6-9H2,1H3,(H2,18,22). The molecule has 2 heterocycles. The first-order chi connectivity index (χ1) is 11.1. The van der Waals surface area contributed by atoms with Crippen molar-refractivity contribution >= 4 is 5.91 Å². The molecule has 1 aromatic heterocycles. The van der Waals surface area contributed by atoms with Crippen molar-refractivity contribution in [2.75, 3.05) is 13.2 Å². The van der Waals surface area contributed by atoms with Crippen LogP contribution in [0.1, 0.15) is 34.0 Å². The molecule has 3 rings (SSSR count). The summed E-state index contributed by atoms with van der Waals surface area (Å²) in [6.07, 6.45) is 5.07. The smallest absolute Gasteiger partial charge is 0.248 e. The van der Waals surface area contributed by atoms with Gasteiger partial charge in [-0.05, 0) is 24.1 Å². The maximum absolute atomic E-state index is 11.1. The minimum Gasteiger partial charge on any atom is -0.373 e. The molecule has 1 aromatic carbocycles. The van der Waals surface area contributed by atoms with Gasteiger partial charge in [-0.25, -0.2) is 0 Å². The summed E-state index contributed by atoms with van der Waals surface area (Å²) in [6.45, 7) is 2.44. The van der Waals surface area contributed by atoms with Crippen LogP contribution in [-0.4, -0.2) is 28.8 Å². The van der Waals surface area contributed by atoms with Crippen molar-refractivity contribution in [1.29, 1.82) is 0 Å². The van der Waals surface area contributed by atoms with E-state index in [1.165, 1.54) is 0 Å². The second kappa shape index (κ2) is 6.93. The number of nitrogens with two attached hydrogens (primary N) is 1. The number of aromatic nitrogens is 2. The molecule has 2 aromatic rings. The first-order valence-corrected chi connectivity index (χ1v) is 7.83. The van der Waals surface area contributed by atoms with Crippen molar-refractivity contribution in [3.05, 3.63) is 53.3 Å². The van der Waals surface area contributed by atoms with E-state index >= 15 is 0 Å². The quantitative estimate of drug-likeness (QED) is 0.844. The molecule has 2 unspecified atom stereocenters. The molecule has 1 fully saturated rings. The molecular weight excluding hydrogens is 292 g/mol. The van der Waals surface area contributed by atoms with E-state index in [0.717, 1.165) is 37.2 Å². The van der Waals surface area contributed by atoms with Gasteiger partial charge in [-0.3, -0.25) is 9.48 Å². The Morgan fingerprint density at radius 1 is 1.43 bits per heavy atom. The predicted octanol–water partition coefficient (Wildman–Crippen LogP) is 1.39. The number of aryl methyl sites for hydroxylation is 1. The van der Waals surface area contributed by atoms with E-state index in [4.69, 9.17) is 10.5 Å². The Morgan fingerprint density at radius 3 is 2.87 bits per heavy atom. The number of carbonyl (C=O) groups excluding carboxylic acids is 1. The molecule has 3 N–H and O–H groups in total. The van der Waals surface area contributed by atoms with E-state index in [1.54, 1.807) is 12.1 Å². The zero-order valence-corrected chi connectivity index (χ0v) is 13.2. The summed E-state index contributed by atoms with van der Waals surface area (Å²) < 4.78 is 7.67. The van der Waals surface area contributed by atoms with Gasteiger partial charge in [0, 0.05) is 50.0 Å². The first-order valence-electron chi connectivity index (χ1n) is 7.83. The van der Waals surface area contributed by atoms with Gasteiger partial charge >= 0.3 is 0 Å². The molecule has 6 nitrogen and oxygen atoms in total. The molecule has 1 amide bonds.